The number of nitrogens with two attached hydrogens (primary N) is 1. The highest BCUT2D eigenvalue weighted by Gasteiger charge is 2.13. The largest absolute Gasteiger partial charge is 0.399 e. The van der Waals surface area contributed by atoms with Crippen molar-refractivity contribution in [1.29, 1.82) is 0 Å². The molecule has 1 rings (SSSR count). The molecule has 0 fully saturated rings. The van der Waals surface area contributed by atoms with E-state index in [9.17, 15) is 8.42 Å². The first-order chi connectivity index (χ1) is 5.41. The maximum absolute atomic E-state index is 10.9. The van der Waals surface area contributed by atoms with Crippen LogP contribution in [0.1, 0.15) is 0 Å². The lowest BCUT2D eigenvalue weighted by molar-refractivity contribution is 0.609. The lowest BCUT2D eigenvalue weighted by Crippen LogP contribution is -1.94. The molecule has 66 valence electrons. The molecule has 0 bridgehead atoms. The number of hydrogen-bond donors (Lipinski definition) is 1. The Bertz CT molecular complexity index is 404. The molecule has 0 radical (unpaired) electrons. The molecule has 0 amide bonds. The summed E-state index contributed by atoms with van der Waals surface area (Å²) in [6, 6.07) is 4.41. The average Bonchev–Trinajstić information content (AvgIpc) is 1.92. The average molecular weight is 271 g/mol. The summed E-state index contributed by atoms with van der Waals surface area (Å²) in [6.45, 7) is 0. The van der Waals surface area contributed by atoms with Crippen LogP contribution < -0.4 is 5.73 Å². The highest BCUT2D eigenvalue weighted by atomic mass is 79.9. The van der Waals surface area contributed by atoms with Gasteiger partial charge in [-0.15, -0.1) is 0 Å². The Balaban J connectivity index is 3.43. The Kier molecular flexibility index (Phi) is 2.65. The first-order valence-electron chi connectivity index (χ1n) is 2.91. The molecular weight excluding hydrogens is 265 g/mol. The summed E-state index contributed by atoms with van der Waals surface area (Å²) in [5.41, 5.74) is 5.74. The second-order valence-electron chi connectivity index (χ2n) is 2.13. The van der Waals surface area contributed by atoms with Gasteiger partial charge in [0.15, 0.2) is 0 Å². The van der Waals surface area contributed by atoms with E-state index >= 15 is 0 Å². The zero-order chi connectivity index (χ0) is 9.35. The van der Waals surface area contributed by atoms with E-state index in [4.69, 9.17) is 16.4 Å². The summed E-state index contributed by atoms with van der Waals surface area (Å²) >= 11 is 3.05. The Morgan fingerprint density at radius 3 is 2.42 bits per heavy atom. The van der Waals surface area contributed by atoms with Crippen molar-refractivity contribution in [2.24, 2.45) is 0 Å². The van der Waals surface area contributed by atoms with Gasteiger partial charge in [-0.05, 0) is 34.1 Å². The van der Waals surface area contributed by atoms with Gasteiger partial charge in [-0.1, -0.05) is 0 Å². The third-order valence-electron chi connectivity index (χ3n) is 1.22. The van der Waals surface area contributed by atoms with Crippen LogP contribution in [0.5, 0.6) is 0 Å². The molecular formula is C6H5BrClNO2S. The number of rotatable bonds is 1. The van der Waals surface area contributed by atoms with Gasteiger partial charge >= 0.3 is 0 Å². The molecule has 0 atom stereocenters. The highest BCUT2D eigenvalue weighted by molar-refractivity contribution is 9.10. The second-order valence-corrected chi connectivity index (χ2v) is 5.52. The maximum atomic E-state index is 10.9. The maximum Gasteiger partial charge on any atom is 0.262 e. The molecule has 0 aliphatic carbocycles. The van der Waals surface area contributed by atoms with E-state index in [-0.39, 0.29) is 4.90 Å². The molecule has 0 unspecified atom stereocenters. The molecule has 0 saturated carbocycles. The van der Waals surface area contributed by atoms with Crippen LogP contribution in [0.2, 0.25) is 0 Å². The first-order valence-corrected chi connectivity index (χ1v) is 6.01. The van der Waals surface area contributed by atoms with Crippen molar-refractivity contribution in [3.8, 4) is 0 Å². The summed E-state index contributed by atoms with van der Waals surface area (Å²) in [6.07, 6.45) is 0. The molecule has 1 aromatic rings. The normalized spacial score (nSPS) is 11.5. The lowest BCUT2D eigenvalue weighted by Gasteiger charge is -2.00. The van der Waals surface area contributed by atoms with Gasteiger partial charge in [0.2, 0.25) is 0 Å². The number of nitrogen functional groups attached to an aromatic ring is 1. The highest BCUT2D eigenvalue weighted by Crippen LogP contribution is 2.26. The Morgan fingerprint density at radius 1 is 1.42 bits per heavy atom. The minimum atomic E-state index is -3.71. The lowest BCUT2D eigenvalue weighted by atomic mass is 10.3. The van der Waals surface area contributed by atoms with Crippen LogP contribution in [0.25, 0.3) is 0 Å². The number of halogens is 2. The van der Waals surface area contributed by atoms with Crippen molar-refractivity contribution in [3.63, 3.8) is 0 Å². The Labute approximate surface area is 83.1 Å². The fraction of sp³-hybridized carbons (Fsp3) is 0. The zero-order valence-corrected chi connectivity index (χ0v) is 8.95. The smallest absolute Gasteiger partial charge is 0.262 e. The van der Waals surface area contributed by atoms with Gasteiger partial charge in [0.25, 0.3) is 9.05 Å². The van der Waals surface area contributed by atoms with Gasteiger partial charge in [0.05, 0.1) is 4.90 Å². The number of benzene rings is 1. The zero-order valence-electron chi connectivity index (χ0n) is 5.79. The molecule has 0 saturated heterocycles. The van der Waals surface area contributed by atoms with Gasteiger partial charge in [-0.25, -0.2) is 8.42 Å². The van der Waals surface area contributed by atoms with Crippen molar-refractivity contribution in [2.45, 2.75) is 4.90 Å². The Morgan fingerprint density at radius 2 is 2.00 bits per heavy atom. The Hall–Kier alpha value is -0.260. The molecule has 1 aromatic carbocycles. The van der Waals surface area contributed by atoms with Crippen LogP contribution in [-0.4, -0.2) is 8.42 Å². The van der Waals surface area contributed by atoms with E-state index in [0.717, 1.165) is 0 Å². The SMILES string of the molecule is Nc1ccc(Br)c(S(=O)(=O)Cl)c1. The topological polar surface area (TPSA) is 60.2 Å². The van der Waals surface area contributed by atoms with E-state index in [1.54, 1.807) is 6.07 Å². The number of anilines is 1. The molecule has 6 heteroatoms. The van der Waals surface area contributed by atoms with Gasteiger partial charge in [0.1, 0.15) is 0 Å². The van der Waals surface area contributed by atoms with Gasteiger partial charge in [-0.3, -0.25) is 0 Å². The predicted molar refractivity (Wildman–Crippen MR) is 51.6 cm³/mol. The van der Waals surface area contributed by atoms with Crippen LogP contribution in [-0.2, 0) is 9.05 Å². The summed E-state index contributed by atoms with van der Waals surface area (Å²) < 4.78 is 22.2. The van der Waals surface area contributed by atoms with E-state index in [2.05, 4.69) is 15.9 Å². The van der Waals surface area contributed by atoms with Crippen molar-refractivity contribution >= 4 is 41.4 Å². The fourth-order valence-electron chi connectivity index (χ4n) is 0.707. The monoisotopic (exact) mass is 269 g/mol. The van der Waals surface area contributed by atoms with Crippen LogP contribution in [0.15, 0.2) is 27.6 Å². The minimum absolute atomic E-state index is 0.0100. The quantitative estimate of drug-likeness (QED) is 0.627. The van der Waals surface area contributed by atoms with Crippen molar-refractivity contribution < 1.29 is 8.42 Å². The summed E-state index contributed by atoms with van der Waals surface area (Å²) in [5, 5.41) is 0. The first kappa shape index (κ1) is 9.83. The van der Waals surface area contributed by atoms with E-state index in [0.29, 0.717) is 10.2 Å². The fourth-order valence-corrected chi connectivity index (χ4v) is 2.83. The van der Waals surface area contributed by atoms with Crippen LogP contribution in [0, 0.1) is 0 Å². The van der Waals surface area contributed by atoms with Gasteiger partial charge in [0, 0.05) is 20.8 Å². The molecule has 2 N–H and O–H groups in total. The second kappa shape index (κ2) is 3.24. The molecule has 0 heterocycles. The standard InChI is InChI=1S/C6H5BrClNO2S/c7-5-2-1-4(9)3-6(5)12(8,10)11/h1-3H,9H2. The van der Waals surface area contributed by atoms with E-state index < -0.39 is 9.05 Å². The molecule has 0 aliphatic rings. The summed E-state index contributed by atoms with van der Waals surface area (Å²) in [4.78, 5) is -0.0100. The predicted octanol–water partition coefficient (Wildman–Crippen LogP) is 1.96. The third-order valence-corrected chi connectivity index (χ3v) is 3.53. The summed E-state index contributed by atoms with van der Waals surface area (Å²) in [5.74, 6) is 0. The van der Waals surface area contributed by atoms with Crippen LogP contribution >= 0.6 is 26.6 Å². The van der Waals surface area contributed by atoms with Crippen LogP contribution in [0.3, 0.4) is 0 Å². The van der Waals surface area contributed by atoms with Crippen LogP contribution in [0.4, 0.5) is 5.69 Å². The van der Waals surface area contributed by atoms with Gasteiger partial charge < -0.3 is 5.73 Å². The van der Waals surface area contributed by atoms with E-state index in [1.807, 2.05) is 0 Å². The summed E-state index contributed by atoms with van der Waals surface area (Å²) in [7, 11) is 1.41. The molecule has 0 spiro atoms. The number of hydrogen-bond acceptors (Lipinski definition) is 3. The third kappa shape index (κ3) is 2.12. The molecule has 3 nitrogen and oxygen atoms in total. The minimum Gasteiger partial charge on any atom is -0.399 e. The molecule has 0 aliphatic heterocycles. The van der Waals surface area contributed by atoms with Gasteiger partial charge in [-0.2, -0.15) is 0 Å². The van der Waals surface area contributed by atoms with Crippen molar-refractivity contribution in [2.75, 3.05) is 5.73 Å². The van der Waals surface area contributed by atoms with Crippen molar-refractivity contribution in [1.82, 2.24) is 0 Å². The van der Waals surface area contributed by atoms with E-state index in [1.165, 1.54) is 12.1 Å². The molecule has 12 heavy (non-hydrogen) atoms. The van der Waals surface area contributed by atoms with Crippen molar-refractivity contribution in [3.05, 3.63) is 22.7 Å². The molecule has 0 aromatic heterocycles.